The predicted molar refractivity (Wildman–Crippen MR) is 89.0 cm³/mol. The van der Waals surface area contributed by atoms with Gasteiger partial charge in [-0.1, -0.05) is 23.8 Å². The van der Waals surface area contributed by atoms with Gasteiger partial charge < -0.3 is 15.3 Å². The van der Waals surface area contributed by atoms with Crippen molar-refractivity contribution in [1.82, 2.24) is 10.2 Å². The van der Waals surface area contributed by atoms with Crippen molar-refractivity contribution in [3.8, 4) is 0 Å². The van der Waals surface area contributed by atoms with Crippen molar-refractivity contribution in [3.63, 3.8) is 0 Å². The maximum absolute atomic E-state index is 12.3. The van der Waals surface area contributed by atoms with Gasteiger partial charge >= 0.3 is 6.03 Å². The summed E-state index contributed by atoms with van der Waals surface area (Å²) in [5.41, 5.74) is 3.82. The monoisotopic (exact) mass is 304 g/mol. The van der Waals surface area contributed by atoms with Crippen LogP contribution in [0.5, 0.6) is 0 Å². The first-order valence-corrected chi connectivity index (χ1v) is 8.22. The van der Waals surface area contributed by atoms with Gasteiger partial charge in [-0.2, -0.15) is 0 Å². The topological polar surface area (TPSA) is 52.6 Å². The SMILES string of the molecule is Cc1ccc(CC(C)NC(=O)N2CCCC(CO)C2)c(C)c1. The number of hydrogen-bond acceptors (Lipinski definition) is 2. The summed E-state index contributed by atoms with van der Waals surface area (Å²) < 4.78 is 0. The van der Waals surface area contributed by atoms with E-state index in [9.17, 15) is 9.90 Å². The number of carbonyl (C=O) groups is 1. The number of hydrogen-bond donors (Lipinski definition) is 2. The van der Waals surface area contributed by atoms with E-state index in [1.165, 1.54) is 16.7 Å². The van der Waals surface area contributed by atoms with E-state index in [-0.39, 0.29) is 24.6 Å². The minimum atomic E-state index is -0.00425. The zero-order chi connectivity index (χ0) is 16.1. The highest BCUT2D eigenvalue weighted by Crippen LogP contribution is 2.16. The molecule has 2 unspecified atom stereocenters. The highest BCUT2D eigenvalue weighted by atomic mass is 16.3. The second-order valence-electron chi connectivity index (χ2n) is 6.62. The van der Waals surface area contributed by atoms with Crippen molar-refractivity contribution < 1.29 is 9.90 Å². The van der Waals surface area contributed by atoms with E-state index in [1.54, 1.807) is 0 Å². The van der Waals surface area contributed by atoms with Gasteiger partial charge in [-0.15, -0.1) is 0 Å². The summed E-state index contributed by atoms with van der Waals surface area (Å²) in [6.07, 6.45) is 2.83. The minimum Gasteiger partial charge on any atom is -0.396 e. The quantitative estimate of drug-likeness (QED) is 0.898. The Labute approximate surface area is 133 Å². The van der Waals surface area contributed by atoms with Crippen molar-refractivity contribution in [2.24, 2.45) is 5.92 Å². The Kier molecular flexibility index (Phi) is 5.83. The van der Waals surface area contributed by atoms with Gasteiger partial charge in [-0.3, -0.25) is 0 Å². The summed E-state index contributed by atoms with van der Waals surface area (Å²) in [6.45, 7) is 7.88. The van der Waals surface area contributed by atoms with Gasteiger partial charge in [0.15, 0.2) is 0 Å². The van der Waals surface area contributed by atoms with E-state index in [2.05, 4.69) is 37.4 Å². The highest BCUT2D eigenvalue weighted by Gasteiger charge is 2.23. The largest absolute Gasteiger partial charge is 0.396 e. The fourth-order valence-corrected chi connectivity index (χ4v) is 3.16. The van der Waals surface area contributed by atoms with Crippen LogP contribution in [0.2, 0.25) is 0 Å². The third-order valence-corrected chi connectivity index (χ3v) is 4.46. The van der Waals surface area contributed by atoms with Crippen molar-refractivity contribution >= 4 is 6.03 Å². The first kappa shape index (κ1) is 16.8. The van der Waals surface area contributed by atoms with Crippen LogP contribution >= 0.6 is 0 Å². The van der Waals surface area contributed by atoms with E-state index >= 15 is 0 Å². The second kappa shape index (κ2) is 7.63. The van der Waals surface area contributed by atoms with Gasteiger partial charge in [-0.25, -0.2) is 4.79 Å². The van der Waals surface area contributed by atoms with Gasteiger partial charge in [0.05, 0.1) is 0 Å². The Morgan fingerprint density at radius 1 is 1.45 bits per heavy atom. The number of urea groups is 1. The number of aryl methyl sites for hydroxylation is 2. The first-order chi connectivity index (χ1) is 10.5. The summed E-state index contributed by atoms with van der Waals surface area (Å²) in [5, 5.41) is 12.4. The molecule has 0 bridgehead atoms. The lowest BCUT2D eigenvalue weighted by Gasteiger charge is -2.32. The molecular weight excluding hydrogens is 276 g/mol. The van der Waals surface area contributed by atoms with Crippen LogP contribution in [0.3, 0.4) is 0 Å². The number of piperidine rings is 1. The molecule has 0 radical (unpaired) electrons. The van der Waals surface area contributed by atoms with E-state index in [0.29, 0.717) is 6.54 Å². The van der Waals surface area contributed by atoms with Crippen LogP contribution in [0, 0.1) is 19.8 Å². The molecule has 2 atom stereocenters. The van der Waals surface area contributed by atoms with E-state index in [0.717, 1.165) is 25.8 Å². The number of aliphatic hydroxyl groups excluding tert-OH is 1. The molecule has 2 amide bonds. The van der Waals surface area contributed by atoms with Crippen LogP contribution in [-0.2, 0) is 6.42 Å². The fourth-order valence-electron chi connectivity index (χ4n) is 3.16. The normalized spacial score (nSPS) is 19.8. The average Bonchev–Trinajstić information content (AvgIpc) is 2.50. The maximum Gasteiger partial charge on any atom is 0.317 e. The van der Waals surface area contributed by atoms with Crippen molar-refractivity contribution in [3.05, 3.63) is 34.9 Å². The molecule has 122 valence electrons. The van der Waals surface area contributed by atoms with Crippen molar-refractivity contribution in [1.29, 1.82) is 0 Å². The molecule has 22 heavy (non-hydrogen) atoms. The fraction of sp³-hybridized carbons (Fsp3) is 0.611. The number of amides is 2. The van der Waals surface area contributed by atoms with Crippen molar-refractivity contribution in [2.75, 3.05) is 19.7 Å². The van der Waals surface area contributed by atoms with E-state index in [4.69, 9.17) is 0 Å². The molecule has 1 aliphatic heterocycles. The van der Waals surface area contributed by atoms with Crippen LogP contribution in [0.1, 0.15) is 36.5 Å². The molecule has 2 N–H and O–H groups in total. The third kappa shape index (κ3) is 4.47. The lowest BCUT2D eigenvalue weighted by Crippen LogP contribution is -2.49. The number of carbonyl (C=O) groups excluding carboxylic acids is 1. The third-order valence-electron chi connectivity index (χ3n) is 4.46. The first-order valence-electron chi connectivity index (χ1n) is 8.22. The molecule has 4 heteroatoms. The molecular formula is C18H28N2O2. The summed E-state index contributed by atoms with van der Waals surface area (Å²) in [6, 6.07) is 6.54. The molecule has 0 aromatic heterocycles. The number of benzene rings is 1. The number of rotatable bonds is 4. The van der Waals surface area contributed by atoms with Gasteiger partial charge in [0.1, 0.15) is 0 Å². The lowest BCUT2D eigenvalue weighted by molar-refractivity contribution is 0.128. The van der Waals surface area contributed by atoms with Crippen LogP contribution < -0.4 is 5.32 Å². The van der Waals surface area contributed by atoms with Crippen LogP contribution in [0.15, 0.2) is 18.2 Å². The second-order valence-corrected chi connectivity index (χ2v) is 6.62. The summed E-state index contributed by atoms with van der Waals surface area (Å²) in [7, 11) is 0. The number of aliphatic hydroxyl groups is 1. The minimum absolute atomic E-state index is 0.00425. The molecule has 1 aliphatic rings. The Morgan fingerprint density at radius 3 is 2.91 bits per heavy atom. The summed E-state index contributed by atoms with van der Waals surface area (Å²) >= 11 is 0. The smallest absolute Gasteiger partial charge is 0.317 e. The summed E-state index contributed by atoms with van der Waals surface area (Å²) in [4.78, 5) is 14.2. The Bertz CT molecular complexity index is 516. The van der Waals surface area contributed by atoms with Crippen LogP contribution in [-0.4, -0.2) is 41.8 Å². The number of nitrogens with one attached hydrogen (secondary N) is 1. The van der Waals surface area contributed by atoms with E-state index in [1.807, 2.05) is 11.8 Å². The molecule has 1 fully saturated rings. The molecule has 2 rings (SSSR count). The van der Waals surface area contributed by atoms with Gasteiger partial charge in [-0.05, 0) is 57.1 Å². The molecule has 1 aromatic carbocycles. The standard InChI is InChI=1S/C18H28N2O2/c1-13-6-7-17(14(2)9-13)10-15(3)19-18(22)20-8-4-5-16(11-20)12-21/h6-7,9,15-16,21H,4-5,8,10-12H2,1-3H3,(H,19,22). The van der Waals surface area contributed by atoms with E-state index < -0.39 is 0 Å². The number of nitrogens with zero attached hydrogens (tertiary/aromatic N) is 1. The van der Waals surface area contributed by atoms with Gasteiger partial charge in [0, 0.05) is 25.7 Å². The zero-order valence-corrected chi connectivity index (χ0v) is 13.9. The lowest BCUT2D eigenvalue weighted by atomic mass is 9.99. The molecule has 1 aromatic rings. The van der Waals surface area contributed by atoms with Crippen molar-refractivity contribution in [2.45, 2.75) is 46.1 Å². The summed E-state index contributed by atoms with van der Waals surface area (Å²) in [5.74, 6) is 0.231. The number of likely N-dealkylation sites (tertiary alicyclic amines) is 1. The maximum atomic E-state index is 12.3. The average molecular weight is 304 g/mol. The Balaban J connectivity index is 1.88. The van der Waals surface area contributed by atoms with Crippen LogP contribution in [0.4, 0.5) is 4.79 Å². The van der Waals surface area contributed by atoms with Crippen LogP contribution in [0.25, 0.3) is 0 Å². The van der Waals surface area contributed by atoms with Gasteiger partial charge in [0.25, 0.3) is 0 Å². The molecule has 0 saturated carbocycles. The Morgan fingerprint density at radius 2 is 2.23 bits per heavy atom. The molecule has 1 heterocycles. The van der Waals surface area contributed by atoms with Gasteiger partial charge in [0.2, 0.25) is 0 Å². The molecule has 0 aliphatic carbocycles. The molecule has 0 spiro atoms. The zero-order valence-electron chi connectivity index (χ0n) is 13.9. The molecule has 4 nitrogen and oxygen atoms in total. The Hall–Kier alpha value is -1.55. The highest BCUT2D eigenvalue weighted by molar-refractivity contribution is 5.74. The predicted octanol–water partition coefficient (Wildman–Crippen LogP) is 2.65. The molecule has 1 saturated heterocycles.